The van der Waals surface area contributed by atoms with Crippen molar-refractivity contribution in [1.29, 1.82) is 0 Å². The SMILES string of the molecule is CC(CO)C(C)Nc1c(N)cncc1Br. The number of aliphatic hydroxyl groups excluding tert-OH is 1. The molecule has 2 unspecified atom stereocenters. The van der Waals surface area contributed by atoms with Crippen molar-refractivity contribution in [2.45, 2.75) is 19.9 Å². The fourth-order valence-corrected chi connectivity index (χ4v) is 1.59. The highest BCUT2D eigenvalue weighted by Crippen LogP contribution is 2.28. The van der Waals surface area contributed by atoms with E-state index in [0.717, 1.165) is 10.2 Å². The van der Waals surface area contributed by atoms with Crippen LogP contribution in [0.15, 0.2) is 16.9 Å². The average molecular weight is 274 g/mol. The highest BCUT2D eigenvalue weighted by molar-refractivity contribution is 9.10. The molecule has 4 N–H and O–H groups in total. The average Bonchev–Trinajstić information content (AvgIpc) is 2.22. The van der Waals surface area contributed by atoms with Crippen molar-refractivity contribution in [1.82, 2.24) is 4.98 Å². The van der Waals surface area contributed by atoms with E-state index in [-0.39, 0.29) is 18.6 Å². The molecule has 0 aliphatic heterocycles. The molecule has 1 heterocycles. The van der Waals surface area contributed by atoms with Crippen LogP contribution in [0.4, 0.5) is 11.4 Å². The van der Waals surface area contributed by atoms with Gasteiger partial charge >= 0.3 is 0 Å². The molecule has 0 amide bonds. The predicted molar refractivity (Wildman–Crippen MR) is 65.7 cm³/mol. The van der Waals surface area contributed by atoms with Crippen molar-refractivity contribution in [3.8, 4) is 0 Å². The number of aliphatic hydroxyl groups is 1. The summed E-state index contributed by atoms with van der Waals surface area (Å²) in [6, 6.07) is 0.149. The van der Waals surface area contributed by atoms with Gasteiger partial charge in [-0.1, -0.05) is 6.92 Å². The van der Waals surface area contributed by atoms with Crippen LogP contribution in [-0.4, -0.2) is 22.7 Å². The number of nitrogens with zero attached hydrogens (tertiary/aromatic N) is 1. The number of hydrogen-bond donors (Lipinski definition) is 3. The largest absolute Gasteiger partial charge is 0.396 e. The smallest absolute Gasteiger partial charge is 0.0752 e. The first kappa shape index (κ1) is 12.3. The number of hydrogen-bond acceptors (Lipinski definition) is 4. The normalized spacial score (nSPS) is 14.7. The Labute approximate surface area is 98.0 Å². The molecule has 84 valence electrons. The third kappa shape index (κ3) is 3.07. The third-order valence-electron chi connectivity index (χ3n) is 2.44. The number of anilines is 2. The number of rotatable bonds is 4. The van der Waals surface area contributed by atoms with Crippen molar-refractivity contribution in [3.63, 3.8) is 0 Å². The zero-order valence-electron chi connectivity index (χ0n) is 8.87. The molecule has 4 nitrogen and oxygen atoms in total. The molecule has 0 aromatic carbocycles. The fraction of sp³-hybridized carbons (Fsp3) is 0.500. The van der Waals surface area contributed by atoms with Crippen LogP contribution in [0, 0.1) is 5.92 Å². The van der Waals surface area contributed by atoms with E-state index in [1.165, 1.54) is 0 Å². The van der Waals surface area contributed by atoms with Crippen molar-refractivity contribution in [2.75, 3.05) is 17.7 Å². The second kappa shape index (κ2) is 5.32. The number of nitrogens with one attached hydrogen (secondary N) is 1. The minimum absolute atomic E-state index is 0.149. The first-order chi connectivity index (χ1) is 7.06. The van der Waals surface area contributed by atoms with Crippen molar-refractivity contribution < 1.29 is 5.11 Å². The molecule has 0 saturated heterocycles. The van der Waals surface area contributed by atoms with Gasteiger partial charge in [-0.3, -0.25) is 4.98 Å². The second-order valence-corrected chi connectivity index (χ2v) is 4.53. The van der Waals surface area contributed by atoms with E-state index < -0.39 is 0 Å². The summed E-state index contributed by atoms with van der Waals surface area (Å²) in [4.78, 5) is 3.96. The first-order valence-electron chi connectivity index (χ1n) is 4.82. The van der Waals surface area contributed by atoms with Gasteiger partial charge in [0.25, 0.3) is 0 Å². The summed E-state index contributed by atoms with van der Waals surface area (Å²) in [6.45, 7) is 4.13. The molecule has 0 spiro atoms. The van der Waals surface area contributed by atoms with Crippen LogP contribution in [-0.2, 0) is 0 Å². The van der Waals surface area contributed by atoms with Gasteiger partial charge in [0.05, 0.1) is 22.0 Å². The first-order valence-corrected chi connectivity index (χ1v) is 5.62. The maximum atomic E-state index is 9.03. The minimum atomic E-state index is 0.149. The van der Waals surface area contributed by atoms with E-state index >= 15 is 0 Å². The van der Waals surface area contributed by atoms with E-state index in [0.29, 0.717) is 5.69 Å². The number of nitrogens with two attached hydrogens (primary N) is 1. The molecule has 0 radical (unpaired) electrons. The lowest BCUT2D eigenvalue weighted by Crippen LogP contribution is -2.26. The Hall–Kier alpha value is -0.810. The summed E-state index contributed by atoms with van der Waals surface area (Å²) in [5.74, 6) is 0.171. The van der Waals surface area contributed by atoms with Crippen LogP contribution < -0.4 is 11.1 Å². The van der Waals surface area contributed by atoms with Gasteiger partial charge in [-0.05, 0) is 28.8 Å². The van der Waals surface area contributed by atoms with Gasteiger partial charge in [0, 0.05) is 18.8 Å². The summed E-state index contributed by atoms with van der Waals surface area (Å²) in [6.07, 6.45) is 3.29. The Morgan fingerprint density at radius 2 is 2.20 bits per heavy atom. The molecular weight excluding hydrogens is 258 g/mol. The number of aromatic nitrogens is 1. The molecule has 0 aliphatic carbocycles. The van der Waals surface area contributed by atoms with Crippen molar-refractivity contribution >= 4 is 27.3 Å². The van der Waals surface area contributed by atoms with Crippen LogP contribution >= 0.6 is 15.9 Å². The van der Waals surface area contributed by atoms with Crippen molar-refractivity contribution in [3.05, 3.63) is 16.9 Å². The standard InChI is InChI=1S/C10H16BrN3O/c1-6(5-15)7(2)14-10-8(11)3-13-4-9(10)12/h3-4,6-7,15H,5,12H2,1-2H3,(H,13,14). The van der Waals surface area contributed by atoms with Crippen LogP contribution in [0.2, 0.25) is 0 Å². The maximum absolute atomic E-state index is 9.03. The molecule has 0 fully saturated rings. The molecule has 15 heavy (non-hydrogen) atoms. The molecular formula is C10H16BrN3O. The highest BCUT2D eigenvalue weighted by Gasteiger charge is 2.13. The highest BCUT2D eigenvalue weighted by atomic mass is 79.9. The zero-order valence-corrected chi connectivity index (χ0v) is 10.5. The maximum Gasteiger partial charge on any atom is 0.0752 e. The van der Waals surface area contributed by atoms with Gasteiger partial charge < -0.3 is 16.2 Å². The van der Waals surface area contributed by atoms with Crippen LogP contribution in [0.5, 0.6) is 0 Å². The number of pyridine rings is 1. The summed E-state index contributed by atoms with van der Waals surface area (Å²) in [5, 5.41) is 12.3. The summed E-state index contributed by atoms with van der Waals surface area (Å²) in [5.41, 5.74) is 7.22. The molecule has 5 heteroatoms. The van der Waals surface area contributed by atoms with E-state index in [9.17, 15) is 0 Å². The van der Waals surface area contributed by atoms with E-state index in [2.05, 4.69) is 26.2 Å². The Kier molecular flexibility index (Phi) is 4.35. The van der Waals surface area contributed by atoms with E-state index in [1.807, 2.05) is 13.8 Å². The third-order valence-corrected chi connectivity index (χ3v) is 3.04. The fourth-order valence-electron chi connectivity index (χ4n) is 1.13. The molecule has 1 aromatic heterocycles. The molecule has 0 bridgehead atoms. The lowest BCUT2D eigenvalue weighted by atomic mass is 10.0. The monoisotopic (exact) mass is 273 g/mol. The van der Waals surface area contributed by atoms with Gasteiger partial charge in [-0.25, -0.2) is 0 Å². The van der Waals surface area contributed by atoms with Gasteiger partial charge in [-0.15, -0.1) is 0 Å². The van der Waals surface area contributed by atoms with Crippen LogP contribution in [0.1, 0.15) is 13.8 Å². The Bertz CT molecular complexity index is 312. The molecule has 0 saturated carbocycles. The van der Waals surface area contributed by atoms with E-state index in [1.54, 1.807) is 12.4 Å². The Morgan fingerprint density at radius 3 is 2.73 bits per heavy atom. The Morgan fingerprint density at radius 1 is 1.53 bits per heavy atom. The number of nitrogen functional groups attached to an aromatic ring is 1. The Balaban J connectivity index is 2.80. The van der Waals surface area contributed by atoms with Gasteiger partial charge in [0.1, 0.15) is 0 Å². The van der Waals surface area contributed by atoms with Gasteiger partial charge in [-0.2, -0.15) is 0 Å². The topological polar surface area (TPSA) is 71.2 Å². The van der Waals surface area contributed by atoms with Crippen LogP contribution in [0.25, 0.3) is 0 Å². The second-order valence-electron chi connectivity index (χ2n) is 3.68. The lowest BCUT2D eigenvalue weighted by molar-refractivity contribution is 0.226. The summed E-state index contributed by atoms with van der Waals surface area (Å²) >= 11 is 3.38. The lowest BCUT2D eigenvalue weighted by Gasteiger charge is -2.22. The summed E-state index contributed by atoms with van der Waals surface area (Å²) < 4.78 is 0.833. The molecule has 1 rings (SSSR count). The molecule has 2 atom stereocenters. The van der Waals surface area contributed by atoms with Crippen molar-refractivity contribution in [2.24, 2.45) is 5.92 Å². The van der Waals surface area contributed by atoms with E-state index in [4.69, 9.17) is 10.8 Å². The quantitative estimate of drug-likeness (QED) is 0.783. The zero-order chi connectivity index (χ0) is 11.4. The van der Waals surface area contributed by atoms with Crippen LogP contribution in [0.3, 0.4) is 0 Å². The molecule has 0 aliphatic rings. The van der Waals surface area contributed by atoms with Gasteiger partial charge in [0.15, 0.2) is 0 Å². The minimum Gasteiger partial charge on any atom is -0.396 e. The summed E-state index contributed by atoms with van der Waals surface area (Å²) in [7, 11) is 0. The molecule has 1 aromatic rings. The van der Waals surface area contributed by atoms with Gasteiger partial charge in [0.2, 0.25) is 0 Å². The predicted octanol–water partition coefficient (Wildman–Crippen LogP) is 1.86. The number of halogens is 1.